The molecule has 6 heteroatoms. The summed E-state index contributed by atoms with van der Waals surface area (Å²) in [6.07, 6.45) is 0. The van der Waals surface area contributed by atoms with Crippen molar-refractivity contribution in [1.29, 1.82) is 5.26 Å². The zero-order valence-corrected chi connectivity index (χ0v) is 11.2. The molecule has 1 unspecified atom stereocenters. The van der Waals surface area contributed by atoms with Crippen LogP contribution < -0.4 is 4.90 Å². The summed E-state index contributed by atoms with van der Waals surface area (Å²) in [5.74, 6) is -1.48. The van der Waals surface area contributed by atoms with Crippen LogP contribution in [0.1, 0.15) is 6.92 Å². The molecule has 0 heterocycles. The van der Waals surface area contributed by atoms with Gasteiger partial charge in [-0.05, 0) is 18.2 Å². The van der Waals surface area contributed by atoms with E-state index in [4.69, 9.17) is 33.6 Å². The Morgan fingerprint density at radius 2 is 2.17 bits per heavy atom. The van der Waals surface area contributed by atoms with Gasteiger partial charge in [-0.3, -0.25) is 4.79 Å². The first-order valence-corrected chi connectivity index (χ1v) is 6.01. The molecule has 1 N–H and O–H groups in total. The minimum atomic E-state index is -0.905. The number of carbonyl (C=O) groups is 1. The normalized spacial score (nSPS) is 11.7. The first-order chi connectivity index (χ1) is 8.45. The summed E-state index contributed by atoms with van der Waals surface area (Å²) in [5, 5.41) is 18.5. The van der Waals surface area contributed by atoms with Crippen molar-refractivity contribution < 1.29 is 9.90 Å². The number of hydrogen-bond acceptors (Lipinski definition) is 3. The molecule has 4 nitrogen and oxygen atoms in total. The second-order valence-corrected chi connectivity index (χ2v) is 4.69. The highest BCUT2D eigenvalue weighted by atomic mass is 35.5. The van der Waals surface area contributed by atoms with Crippen LogP contribution in [-0.2, 0) is 4.79 Å². The van der Waals surface area contributed by atoms with Gasteiger partial charge in [0.15, 0.2) is 0 Å². The molecule has 0 radical (unpaired) electrons. The van der Waals surface area contributed by atoms with E-state index in [0.717, 1.165) is 0 Å². The molecule has 0 saturated carbocycles. The Morgan fingerprint density at radius 3 is 2.67 bits per heavy atom. The second kappa shape index (κ2) is 6.48. The first-order valence-electron chi connectivity index (χ1n) is 5.25. The number of aliphatic carboxylic acids is 1. The fourth-order valence-electron chi connectivity index (χ4n) is 1.44. The van der Waals surface area contributed by atoms with Gasteiger partial charge in [-0.25, -0.2) is 0 Å². The molecule has 0 amide bonds. The van der Waals surface area contributed by atoms with Crippen molar-refractivity contribution in [3.05, 3.63) is 28.2 Å². The number of carboxylic acid groups (broad SMARTS) is 1. The van der Waals surface area contributed by atoms with Gasteiger partial charge in [-0.15, -0.1) is 0 Å². The van der Waals surface area contributed by atoms with Crippen LogP contribution in [0.5, 0.6) is 0 Å². The van der Waals surface area contributed by atoms with E-state index in [1.54, 1.807) is 30.0 Å². The largest absolute Gasteiger partial charge is 0.481 e. The highest BCUT2D eigenvalue weighted by molar-refractivity contribution is 6.42. The summed E-state index contributed by atoms with van der Waals surface area (Å²) in [5.41, 5.74) is 0.680. The van der Waals surface area contributed by atoms with Crippen LogP contribution in [0.2, 0.25) is 10.0 Å². The number of nitrogens with zero attached hydrogens (tertiary/aromatic N) is 2. The van der Waals surface area contributed by atoms with E-state index in [2.05, 4.69) is 0 Å². The molecule has 0 aliphatic heterocycles. The molecule has 1 atom stereocenters. The number of nitriles is 1. The SMILES string of the molecule is CC(CN(CC#N)c1ccc(Cl)c(Cl)c1)C(=O)O. The van der Waals surface area contributed by atoms with Gasteiger partial charge in [0.05, 0.1) is 22.0 Å². The van der Waals surface area contributed by atoms with Crippen molar-refractivity contribution in [3.63, 3.8) is 0 Å². The van der Waals surface area contributed by atoms with Crippen molar-refractivity contribution in [2.24, 2.45) is 5.92 Å². The lowest BCUT2D eigenvalue weighted by atomic mass is 10.1. The molecule has 1 aromatic rings. The van der Waals surface area contributed by atoms with Crippen LogP contribution in [0.25, 0.3) is 0 Å². The monoisotopic (exact) mass is 286 g/mol. The summed E-state index contributed by atoms with van der Waals surface area (Å²) < 4.78 is 0. The van der Waals surface area contributed by atoms with Crippen molar-refractivity contribution in [1.82, 2.24) is 0 Å². The number of rotatable bonds is 5. The lowest BCUT2D eigenvalue weighted by Gasteiger charge is -2.24. The van der Waals surface area contributed by atoms with Gasteiger partial charge >= 0.3 is 5.97 Å². The molecule has 0 spiro atoms. The van der Waals surface area contributed by atoms with Crippen LogP contribution >= 0.6 is 23.2 Å². The molecule has 96 valence electrons. The quantitative estimate of drug-likeness (QED) is 0.845. The van der Waals surface area contributed by atoms with E-state index in [0.29, 0.717) is 15.7 Å². The topological polar surface area (TPSA) is 64.3 Å². The molecule has 0 bridgehead atoms. The van der Waals surface area contributed by atoms with Gasteiger partial charge in [0.1, 0.15) is 6.54 Å². The Balaban J connectivity index is 2.94. The van der Waals surface area contributed by atoms with Crippen LogP contribution in [0, 0.1) is 17.2 Å². The molecule has 0 aromatic heterocycles. The predicted octanol–water partition coefficient (Wildman–Crippen LogP) is 3.04. The van der Waals surface area contributed by atoms with E-state index < -0.39 is 11.9 Å². The number of anilines is 1. The Labute approximate surface area is 115 Å². The fraction of sp³-hybridized carbons (Fsp3) is 0.333. The maximum atomic E-state index is 10.8. The van der Waals surface area contributed by atoms with Crippen molar-refractivity contribution in [3.8, 4) is 6.07 Å². The van der Waals surface area contributed by atoms with Crippen molar-refractivity contribution >= 4 is 34.9 Å². The van der Waals surface area contributed by atoms with Gasteiger partial charge in [0.25, 0.3) is 0 Å². The molecule has 0 fully saturated rings. The summed E-state index contributed by atoms with van der Waals surface area (Å²) in [4.78, 5) is 12.5. The van der Waals surface area contributed by atoms with Crippen LogP contribution in [0.3, 0.4) is 0 Å². The molecule has 0 saturated heterocycles. The predicted molar refractivity (Wildman–Crippen MR) is 71.1 cm³/mol. The van der Waals surface area contributed by atoms with Crippen LogP contribution in [0.15, 0.2) is 18.2 Å². The highest BCUT2D eigenvalue weighted by Gasteiger charge is 2.17. The molecule has 1 rings (SSSR count). The third-order valence-electron chi connectivity index (χ3n) is 2.45. The number of halogens is 2. The third kappa shape index (κ3) is 3.80. The van der Waals surface area contributed by atoms with Gasteiger partial charge in [-0.1, -0.05) is 30.1 Å². The van der Waals surface area contributed by atoms with Gasteiger partial charge in [0.2, 0.25) is 0 Å². The summed E-state index contributed by atoms with van der Waals surface area (Å²) in [7, 11) is 0. The molecule has 0 aliphatic rings. The zero-order valence-electron chi connectivity index (χ0n) is 9.73. The van der Waals surface area contributed by atoms with Crippen LogP contribution in [-0.4, -0.2) is 24.2 Å². The fourth-order valence-corrected chi connectivity index (χ4v) is 1.73. The summed E-state index contributed by atoms with van der Waals surface area (Å²) in [6.45, 7) is 1.92. The minimum absolute atomic E-state index is 0.0928. The first kappa shape index (κ1) is 14.6. The Bertz CT molecular complexity index is 485. The smallest absolute Gasteiger partial charge is 0.308 e. The van der Waals surface area contributed by atoms with Crippen LogP contribution in [0.4, 0.5) is 5.69 Å². The molecule has 0 aliphatic carbocycles. The summed E-state index contributed by atoms with van der Waals surface area (Å²) >= 11 is 11.7. The Kier molecular flexibility index (Phi) is 5.26. The van der Waals surface area contributed by atoms with E-state index >= 15 is 0 Å². The van der Waals surface area contributed by atoms with E-state index in [-0.39, 0.29) is 13.1 Å². The molecular formula is C12H12Cl2N2O2. The Hall–Kier alpha value is -1.44. The highest BCUT2D eigenvalue weighted by Crippen LogP contribution is 2.27. The standard InChI is InChI=1S/C12H12Cl2N2O2/c1-8(12(17)18)7-16(5-4-15)9-2-3-10(13)11(14)6-9/h2-3,6,8H,5,7H2,1H3,(H,17,18). The van der Waals surface area contributed by atoms with Gasteiger partial charge < -0.3 is 10.0 Å². The minimum Gasteiger partial charge on any atom is -0.481 e. The number of hydrogen-bond donors (Lipinski definition) is 1. The number of benzene rings is 1. The van der Waals surface area contributed by atoms with E-state index in [9.17, 15) is 4.79 Å². The number of carboxylic acids is 1. The average Bonchev–Trinajstić information content (AvgIpc) is 2.32. The summed E-state index contributed by atoms with van der Waals surface area (Å²) in [6, 6.07) is 6.95. The maximum Gasteiger partial charge on any atom is 0.308 e. The lowest BCUT2D eigenvalue weighted by molar-refractivity contribution is -0.140. The molecule has 18 heavy (non-hydrogen) atoms. The van der Waals surface area contributed by atoms with E-state index in [1.807, 2.05) is 6.07 Å². The second-order valence-electron chi connectivity index (χ2n) is 3.88. The van der Waals surface area contributed by atoms with Gasteiger partial charge in [-0.2, -0.15) is 5.26 Å². The van der Waals surface area contributed by atoms with E-state index in [1.165, 1.54) is 0 Å². The maximum absolute atomic E-state index is 10.8. The lowest BCUT2D eigenvalue weighted by Crippen LogP contribution is -2.32. The van der Waals surface area contributed by atoms with Crippen molar-refractivity contribution in [2.45, 2.75) is 6.92 Å². The molecule has 1 aromatic carbocycles. The Morgan fingerprint density at radius 1 is 1.50 bits per heavy atom. The van der Waals surface area contributed by atoms with Gasteiger partial charge in [0, 0.05) is 12.2 Å². The molecular weight excluding hydrogens is 275 g/mol. The third-order valence-corrected chi connectivity index (χ3v) is 3.18. The van der Waals surface area contributed by atoms with Crippen molar-refractivity contribution in [2.75, 3.05) is 18.0 Å². The average molecular weight is 287 g/mol. The zero-order chi connectivity index (χ0) is 13.7.